The van der Waals surface area contributed by atoms with Gasteiger partial charge in [-0.1, -0.05) is 35.9 Å². The molecule has 27 heavy (non-hydrogen) atoms. The SMILES string of the molecule is CNC(=O)C(=O)N/N=C\c1cccc(OCC(=O)Nc2ccccc2Cl)c1. The molecule has 3 N–H and O–H groups in total. The number of carbonyl (C=O) groups is 3. The van der Waals surface area contributed by atoms with E-state index < -0.39 is 11.8 Å². The molecule has 0 unspecified atom stereocenters. The third-order valence-corrected chi connectivity index (χ3v) is 3.52. The average Bonchev–Trinajstić information content (AvgIpc) is 2.68. The van der Waals surface area contributed by atoms with Crippen molar-refractivity contribution in [1.82, 2.24) is 10.7 Å². The van der Waals surface area contributed by atoms with Crippen molar-refractivity contribution in [2.45, 2.75) is 0 Å². The maximum absolute atomic E-state index is 12.0. The van der Waals surface area contributed by atoms with Crippen LogP contribution >= 0.6 is 11.6 Å². The standard InChI is InChI=1S/C18H17ClN4O4/c1-20-17(25)18(26)23-21-10-12-5-4-6-13(9-12)27-11-16(24)22-15-8-3-2-7-14(15)19/h2-10H,11H2,1H3,(H,20,25)(H,22,24)(H,23,26)/b21-10-. The number of carbonyl (C=O) groups excluding carboxylic acids is 3. The van der Waals surface area contributed by atoms with Gasteiger partial charge in [-0.05, 0) is 29.8 Å². The summed E-state index contributed by atoms with van der Waals surface area (Å²) >= 11 is 5.98. The van der Waals surface area contributed by atoms with E-state index >= 15 is 0 Å². The van der Waals surface area contributed by atoms with Crippen LogP contribution in [0.3, 0.4) is 0 Å². The summed E-state index contributed by atoms with van der Waals surface area (Å²) in [5, 5.41) is 8.94. The highest BCUT2D eigenvalue weighted by Crippen LogP contribution is 2.20. The van der Waals surface area contributed by atoms with Crippen LogP contribution in [0, 0.1) is 0 Å². The highest BCUT2D eigenvalue weighted by atomic mass is 35.5. The molecule has 0 heterocycles. The van der Waals surface area contributed by atoms with Crippen molar-refractivity contribution in [3.8, 4) is 5.75 Å². The van der Waals surface area contributed by atoms with Crippen molar-refractivity contribution in [2.75, 3.05) is 19.0 Å². The minimum atomic E-state index is -0.877. The Balaban J connectivity index is 1.88. The van der Waals surface area contributed by atoms with Crippen LogP contribution in [0.4, 0.5) is 5.69 Å². The molecule has 0 fully saturated rings. The molecule has 0 saturated heterocycles. The molecule has 140 valence electrons. The molecule has 2 aromatic carbocycles. The molecule has 0 saturated carbocycles. The summed E-state index contributed by atoms with van der Waals surface area (Å²) in [5.41, 5.74) is 3.19. The Hall–Kier alpha value is -3.39. The fourth-order valence-electron chi connectivity index (χ4n) is 1.91. The quantitative estimate of drug-likeness (QED) is 0.396. The van der Waals surface area contributed by atoms with E-state index in [4.69, 9.17) is 16.3 Å². The lowest BCUT2D eigenvalue weighted by Gasteiger charge is -2.09. The Bertz CT molecular complexity index is 870. The molecule has 3 amide bonds. The molecular weight excluding hydrogens is 372 g/mol. The largest absolute Gasteiger partial charge is 0.484 e. The van der Waals surface area contributed by atoms with E-state index in [1.54, 1.807) is 48.5 Å². The zero-order valence-corrected chi connectivity index (χ0v) is 15.1. The van der Waals surface area contributed by atoms with Gasteiger partial charge in [0.15, 0.2) is 6.61 Å². The number of para-hydroxylation sites is 1. The maximum Gasteiger partial charge on any atom is 0.329 e. The number of rotatable bonds is 6. The molecule has 9 heteroatoms. The minimum absolute atomic E-state index is 0.209. The molecule has 0 spiro atoms. The first-order valence-electron chi connectivity index (χ1n) is 7.82. The summed E-state index contributed by atoms with van der Waals surface area (Å²) in [7, 11) is 1.34. The van der Waals surface area contributed by atoms with Crippen molar-refractivity contribution in [3.63, 3.8) is 0 Å². The summed E-state index contributed by atoms with van der Waals surface area (Å²) in [4.78, 5) is 34.3. The van der Waals surface area contributed by atoms with Gasteiger partial charge >= 0.3 is 11.8 Å². The van der Waals surface area contributed by atoms with Gasteiger partial charge < -0.3 is 15.4 Å². The first kappa shape index (κ1) is 19.9. The van der Waals surface area contributed by atoms with E-state index in [1.165, 1.54) is 13.3 Å². The number of hydrazone groups is 1. The van der Waals surface area contributed by atoms with Crippen LogP contribution in [0.2, 0.25) is 5.02 Å². The Labute approximate surface area is 160 Å². The molecule has 0 bridgehead atoms. The summed E-state index contributed by atoms with van der Waals surface area (Å²) in [6.07, 6.45) is 1.34. The van der Waals surface area contributed by atoms with Crippen LogP contribution in [0.1, 0.15) is 5.56 Å². The number of likely N-dealkylation sites (N-methyl/N-ethyl adjacent to an activating group) is 1. The molecule has 0 radical (unpaired) electrons. The van der Waals surface area contributed by atoms with Gasteiger partial charge in [0, 0.05) is 7.05 Å². The third kappa shape index (κ3) is 6.44. The predicted molar refractivity (Wildman–Crippen MR) is 102 cm³/mol. The number of hydrogen-bond acceptors (Lipinski definition) is 5. The second kappa shape index (κ2) is 9.93. The van der Waals surface area contributed by atoms with Crippen LogP contribution in [-0.2, 0) is 14.4 Å². The van der Waals surface area contributed by atoms with E-state index in [1.807, 2.05) is 0 Å². The van der Waals surface area contributed by atoms with Crippen molar-refractivity contribution >= 4 is 41.2 Å². The van der Waals surface area contributed by atoms with Gasteiger partial charge in [-0.3, -0.25) is 14.4 Å². The molecule has 0 aliphatic carbocycles. The number of hydrogen-bond donors (Lipinski definition) is 3. The Morgan fingerprint density at radius 2 is 1.89 bits per heavy atom. The second-order valence-corrected chi connectivity index (χ2v) is 5.57. The highest BCUT2D eigenvalue weighted by Gasteiger charge is 2.09. The topological polar surface area (TPSA) is 109 Å². The Morgan fingerprint density at radius 3 is 2.63 bits per heavy atom. The number of anilines is 1. The summed E-state index contributed by atoms with van der Waals surface area (Å²) in [6, 6.07) is 13.6. The number of halogens is 1. The molecule has 2 aromatic rings. The number of nitrogens with zero attached hydrogens (tertiary/aromatic N) is 1. The van der Waals surface area contributed by atoms with Gasteiger partial charge in [0.2, 0.25) is 0 Å². The molecule has 0 atom stereocenters. The van der Waals surface area contributed by atoms with E-state index in [0.29, 0.717) is 22.0 Å². The van der Waals surface area contributed by atoms with Crippen molar-refractivity contribution in [2.24, 2.45) is 5.10 Å². The second-order valence-electron chi connectivity index (χ2n) is 5.17. The van der Waals surface area contributed by atoms with Crippen molar-refractivity contribution in [1.29, 1.82) is 0 Å². The Morgan fingerprint density at radius 1 is 1.11 bits per heavy atom. The first-order chi connectivity index (χ1) is 13.0. The number of ether oxygens (including phenoxy) is 1. The van der Waals surface area contributed by atoms with E-state index in [-0.39, 0.29) is 12.5 Å². The van der Waals surface area contributed by atoms with Gasteiger partial charge in [0.1, 0.15) is 5.75 Å². The summed E-state index contributed by atoms with van der Waals surface area (Å²) < 4.78 is 5.44. The highest BCUT2D eigenvalue weighted by molar-refractivity contribution is 6.35. The smallest absolute Gasteiger partial charge is 0.329 e. The van der Waals surface area contributed by atoms with Gasteiger partial charge in [0.05, 0.1) is 16.9 Å². The number of amides is 3. The van der Waals surface area contributed by atoms with Crippen LogP contribution in [-0.4, -0.2) is 37.6 Å². The zero-order chi connectivity index (χ0) is 19.6. The lowest BCUT2D eigenvalue weighted by molar-refractivity contribution is -0.138. The molecule has 0 aliphatic heterocycles. The summed E-state index contributed by atoms with van der Waals surface area (Å²) in [5.74, 6) is -1.60. The van der Waals surface area contributed by atoms with Crippen LogP contribution in [0.15, 0.2) is 53.6 Å². The van der Waals surface area contributed by atoms with Crippen LogP contribution in [0.5, 0.6) is 5.75 Å². The fraction of sp³-hybridized carbons (Fsp3) is 0.111. The zero-order valence-electron chi connectivity index (χ0n) is 14.4. The Kier molecular flexibility index (Phi) is 7.33. The van der Waals surface area contributed by atoms with Gasteiger partial charge in [-0.2, -0.15) is 5.10 Å². The number of benzene rings is 2. The summed E-state index contributed by atoms with van der Waals surface area (Å²) in [6.45, 7) is -0.209. The van der Waals surface area contributed by atoms with E-state index in [2.05, 4.69) is 21.2 Å². The van der Waals surface area contributed by atoms with Crippen molar-refractivity contribution in [3.05, 3.63) is 59.1 Å². The normalized spacial score (nSPS) is 10.3. The number of nitrogens with one attached hydrogen (secondary N) is 3. The van der Waals surface area contributed by atoms with E-state index in [9.17, 15) is 14.4 Å². The van der Waals surface area contributed by atoms with E-state index in [0.717, 1.165) is 0 Å². The monoisotopic (exact) mass is 388 g/mol. The predicted octanol–water partition coefficient (Wildman–Crippen LogP) is 1.55. The molecule has 0 aromatic heterocycles. The molecule has 2 rings (SSSR count). The minimum Gasteiger partial charge on any atom is -0.484 e. The van der Waals surface area contributed by atoms with Crippen LogP contribution < -0.4 is 20.8 Å². The van der Waals surface area contributed by atoms with Gasteiger partial charge in [-0.25, -0.2) is 5.43 Å². The van der Waals surface area contributed by atoms with Gasteiger partial charge in [-0.15, -0.1) is 0 Å². The van der Waals surface area contributed by atoms with Crippen LogP contribution in [0.25, 0.3) is 0 Å². The average molecular weight is 389 g/mol. The third-order valence-electron chi connectivity index (χ3n) is 3.19. The fourth-order valence-corrected chi connectivity index (χ4v) is 2.10. The lowest BCUT2D eigenvalue weighted by atomic mass is 10.2. The molecule has 8 nitrogen and oxygen atoms in total. The first-order valence-corrected chi connectivity index (χ1v) is 8.19. The molecule has 0 aliphatic rings. The molecular formula is C18H17ClN4O4. The lowest BCUT2D eigenvalue weighted by Crippen LogP contribution is -2.35. The van der Waals surface area contributed by atoms with Gasteiger partial charge in [0.25, 0.3) is 5.91 Å². The maximum atomic E-state index is 12.0. The van der Waals surface area contributed by atoms with Crippen molar-refractivity contribution < 1.29 is 19.1 Å².